The highest BCUT2D eigenvalue weighted by Gasteiger charge is 2.23. The first-order valence-electron chi connectivity index (χ1n) is 5.53. The number of benzene rings is 1. The zero-order valence-electron chi connectivity index (χ0n) is 10.6. The van der Waals surface area contributed by atoms with Crippen LogP contribution < -0.4 is 10.5 Å². The van der Waals surface area contributed by atoms with Crippen LogP contribution in [-0.4, -0.2) is 17.6 Å². The molecular formula is C12H15I3N2O2. The van der Waals surface area contributed by atoms with E-state index < -0.39 is 0 Å². The lowest BCUT2D eigenvalue weighted by Crippen LogP contribution is -2.33. The molecule has 1 aromatic carbocycles. The third-order valence-corrected chi connectivity index (χ3v) is 4.96. The molecule has 0 aliphatic carbocycles. The molecule has 0 heterocycles. The van der Waals surface area contributed by atoms with Gasteiger partial charge >= 0.3 is 0 Å². The van der Waals surface area contributed by atoms with Gasteiger partial charge in [-0.2, -0.15) is 0 Å². The van der Waals surface area contributed by atoms with E-state index >= 15 is 0 Å². The standard InChI is InChI=1S/C12H15I3N2O2/c1-12(2,11(16)17-18)3-4-19-10-8(14)5-7(13)6-9(10)15/h5-6,18H,3-4H2,1-2H3,(H2,16,17). The first-order valence-corrected chi connectivity index (χ1v) is 8.77. The predicted octanol–water partition coefficient (Wildman–Crippen LogP) is 4.04. The summed E-state index contributed by atoms with van der Waals surface area (Å²) >= 11 is 6.83. The monoisotopic (exact) mass is 600 g/mol. The fourth-order valence-corrected chi connectivity index (χ4v) is 5.23. The van der Waals surface area contributed by atoms with Crippen LogP contribution in [0.3, 0.4) is 0 Å². The Morgan fingerprint density at radius 2 is 1.84 bits per heavy atom. The van der Waals surface area contributed by atoms with Crippen LogP contribution in [0.1, 0.15) is 20.3 Å². The van der Waals surface area contributed by atoms with Crippen LogP contribution in [-0.2, 0) is 0 Å². The molecule has 106 valence electrons. The second-order valence-electron chi connectivity index (χ2n) is 4.67. The Hall–Kier alpha value is 0.480. The van der Waals surface area contributed by atoms with E-state index in [4.69, 9.17) is 15.7 Å². The van der Waals surface area contributed by atoms with Gasteiger partial charge in [-0.3, -0.25) is 0 Å². The lowest BCUT2D eigenvalue weighted by atomic mass is 9.88. The molecular weight excluding hydrogens is 585 g/mol. The van der Waals surface area contributed by atoms with Crippen molar-refractivity contribution in [2.45, 2.75) is 20.3 Å². The van der Waals surface area contributed by atoms with Crippen molar-refractivity contribution in [3.63, 3.8) is 0 Å². The molecule has 0 bridgehead atoms. The van der Waals surface area contributed by atoms with Gasteiger partial charge in [0.25, 0.3) is 0 Å². The molecule has 0 radical (unpaired) electrons. The van der Waals surface area contributed by atoms with Crippen molar-refractivity contribution < 1.29 is 9.94 Å². The Bertz CT molecular complexity index is 467. The largest absolute Gasteiger partial charge is 0.491 e. The molecule has 0 fully saturated rings. The number of amidine groups is 1. The minimum atomic E-state index is -0.380. The second kappa shape index (κ2) is 7.48. The molecule has 1 aromatic rings. The van der Waals surface area contributed by atoms with E-state index in [1.165, 1.54) is 3.57 Å². The van der Waals surface area contributed by atoms with Gasteiger partial charge in [0.15, 0.2) is 0 Å². The fourth-order valence-electron chi connectivity index (χ4n) is 1.34. The number of oxime groups is 1. The van der Waals surface area contributed by atoms with E-state index in [9.17, 15) is 0 Å². The van der Waals surface area contributed by atoms with Gasteiger partial charge < -0.3 is 15.7 Å². The number of hydrogen-bond donors (Lipinski definition) is 2. The Kier molecular flexibility index (Phi) is 6.90. The summed E-state index contributed by atoms with van der Waals surface area (Å²) in [6.07, 6.45) is 0.682. The number of rotatable bonds is 5. The summed E-state index contributed by atoms with van der Waals surface area (Å²) in [6.45, 7) is 4.38. The van der Waals surface area contributed by atoms with Crippen molar-refractivity contribution in [1.29, 1.82) is 0 Å². The van der Waals surface area contributed by atoms with E-state index in [1.54, 1.807) is 0 Å². The molecule has 19 heavy (non-hydrogen) atoms. The SMILES string of the molecule is CC(C)(CCOc1c(I)cc(I)cc1I)C(N)=NO. The van der Waals surface area contributed by atoms with Gasteiger partial charge in [0.1, 0.15) is 11.6 Å². The summed E-state index contributed by atoms with van der Waals surface area (Å²) in [5.41, 5.74) is 5.27. The van der Waals surface area contributed by atoms with Crippen molar-refractivity contribution in [3.8, 4) is 5.75 Å². The average Bonchev–Trinajstić information content (AvgIpc) is 2.31. The first-order chi connectivity index (χ1) is 8.77. The zero-order chi connectivity index (χ0) is 14.6. The fraction of sp³-hybridized carbons (Fsp3) is 0.417. The lowest BCUT2D eigenvalue weighted by molar-refractivity contribution is 0.257. The highest BCUT2D eigenvalue weighted by atomic mass is 127. The number of nitrogens with zero attached hydrogens (tertiary/aromatic N) is 1. The van der Waals surface area contributed by atoms with Crippen molar-refractivity contribution in [1.82, 2.24) is 0 Å². The Labute approximate surface area is 154 Å². The summed E-state index contributed by atoms with van der Waals surface area (Å²) in [4.78, 5) is 0. The van der Waals surface area contributed by atoms with Crippen LogP contribution in [0.2, 0.25) is 0 Å². The van der Waals surface area contributed by atoms with Crippen LogP contribution >= 0.6 is 67.8 Å². The minimum absolute atomic E-state index is 0.225. The molecule has 0 atom stereocenters. The maximum atomic E-state index is 8.72. The van der Waals surface area contributed by atoms with Gasteiger partial charge in [-0.05, 0) is 86.3 Å². The second-order valence-corrected chi connectivity index (χ2v) is 8.24. The van der Waals surface area contributed by atoms with Crippen molar-refractivity contribution in [2.75, 3.05) is 6.61 Å². The van der Waals surface area contributed by atoms with Gasteiger partial charge in [0, 0.05) is 8.99 Å². The normalized spacial score (nSPS) is 12.6. The molecule has 0 aliphatic heterocycles. The average molecular weight is 600 g/mol. The Morgan fingerprint density at radius 1 is 1.32 bits per heavy atom. The van der Waals surface area contributed by atoms with Crippen molar-refractivity contribution >= 4 is 73.6 Å². The molecule has 0 saturated carbocycles. The van der Waals surface area contributed by atoms with Gasteiger partial charge in [-0.15, -0.1) is 0 Å². The van der Waals surface area contributed by atoms with Gasteiger partial charge in [0.2, 0.25) is 0 Å². The summed E-state index contributed by atoms with van der Waals surface area (Å²) in [7, 11) is 0. The summed E-state index contributed by atoms with van der Waals surface area (Å²) < 4.78 is 9.22. The quantitative estimate of drug-likeness (QED) is 0.177. The molecule has 7 heteroatoms. The lowest BCUT2D eigenvalue weighted by Gasteiger charge is -2.23. The third kappa shape index (κ3) is 5.06. The smallest absolute Gasteiger partial charge is 0.145 e. The van der Waals surface area contributed by atoms with Crippen LogP contribution in [0, 0.1) is 16.1 Å². The first kappa shape index (κ1) is 17.5. The number of ether oxygens (including phenoxy) is 1. The molecule has 4 nitrogen and oxygen atoms in total. The van der Waals surface area contributed by atoms with Gasteiger partial charge in [-0.25, -0.2) is 0 Å². The summed E-state index contributed by atoms with van der Waals surface area (Å²) in [5.74, 6) is 1.13. The van der Waals surface area contributed by atoms with E-state index in [0.717, 1.165) is 12.9 Å². The van der Waals surface area contributed by atoms with E-state index in [-0.39, 0.29) is 11.3 Å². The maximum Gasteiger partial charge on any atom is 0.145 e. The molecule has 3 N–H and O–H groups in total. The van der Waals surface area contributed by atoms with Crippen molar-refractivity contribution in [2.24, 2.45) is 16.3 Å². The van der Waals surface area contributed by atoms with Crippen molar-refractivity contribution in [3.05, 3.63) is 22.8 Å². The molecule has 0 amide bonds. The van der Waals surface area contributed by atoms with E-state index in [0.29, 0.717) is 13.0 Å². The minimum Gasteiger partial charge on any atom is -0.491 e. The Balaban J connectivity index is 2.69. The highest BCUT2D eigenvalue weighted by molar-refractivity contribution is 14.1. The number of nitrogens with two attached hydrogens (primary N) is 1. The topological polar surface area (TPSA) is 67.8 Å². The number of hydrogen-bond acceptors (Lipinski definition) is 3. The molecule has 0 unspecified atom stereocenters. The van der Waals surface area contributed by atoms with Crippen LogP contribution in [0.15, 0.2) is 17.3 Å². The van der Waals surface area contributed by atoms with E-state index in [1.807, 2.05) is 13.8 Å². The summed E-state index contributed by atoms with van der Waals surface area (Å²) in [6, 6.07) is 4.15. The van der Waals surface area contributed by atoms with E-state index in [2.05, 4.69) is 85.1 Å². The van der Waals surface area contributed by atoms with Gasteiger partial charge in [0.05, 0.1) is 13.7 Å². The van der Waals surface area contributed by atoms with Crippen LogP contribution in [0.5, 0.6) is 5.75 Å². The van der Waals surface area contributed by atoms with Crippen LogP contribution in [0.25, 0.3) is 0 Å². The zero-order valence-corrected chi connectivity index (χ0v) is 17.1. The highest BCUT2D eigenvalue weighted by Crippen LogP contribution is 2.30. The van der Waals surface area contributed by atoms with Gasteiger partial charge in [-0.1, -0.05) is 19.0 Å². The maximum absolute atomic E-state index is 8.72. The molecule has 0 saturated heterocycles. The molecule has 0 aliphatic rings. The molecule has 0 aromatic heterocycles. The van der Waals surface area contributed by atoms with Crippen LogP contribution in [0.4, 0.5) is 0 Å². The predicted molar refractivity (Wildman–Crippen MR) is 102 cm³/mol. The molecule has 1 rings (SSSR count). The number of halogens is 3. The summed E-state index contributed by atoms with van der Waals surface area (Å²) in [5, 5.41) is 11.8. The Morgan fingerprint density at radius 3 is 2.32 bits per heavy atom. The third-order valence-electron chi connectivity index (χ3n) is 2.74. The molecule has 0 spiro atoms.